The van der Waals surface area contributed by atoms with E-state index in [1.165, 1.54) is 30.3 Å². The zero-order chi connectivity index (χ0) is 16.6. The molecule has 2 aromatic carbocycles. The molecule has 0 fully saturated rings. The van der Waals surface area contributed by atoms with Gasteiger partial charge in [0.05, 0.1) is 16.1 Å². The largest absolute Gasteiger partial charge is 0.296 e. The van der Waals surface area contributed by atoms with Gasteiger partial charge in [-0.15, -0.1) is 0 Å². The summed E-state index contributed by atoms with van der Waals surface area (Å²) in [6.07, 6.45) is 0.888. The summed E-state index contributed by atoms with van der Waals surface area (Å²) in [5.74, 6) is -0.410. The second-order valence-electron chi connectivity index (χ2n) is 5.13. The Morgan fingerprint density at radius 3 is 2.43 bits per heavy atom. The van der Waals surface area contributed by atoms with Crippen LogP contribution < -0.4 is 0 Å². The summed E-state index contributed by atoms with van der Waals surface area (Å²) in [7, 11) is -3.94. The average Bonchev–Trinajstić information content (AvgIpc) is 2.92. The molecular formula is C17H14FNO3S. The van der Waals surface area contributed by atoms with Gasteiger partial charge in [-0.05, 0) is 42.3 Å². The minimum absolute atomic E-state index is 0.0310. The highest BCUT2D eigenvalue weighted by Crippen LogP contribution is 2.27. The van der Waals surface area contributed by atoms with Gasteiger partial charge in [-0.25, -0.2) is 16.8 Å². The first-order valence-corrected chi connectivity index (χ1v) is 8.52. The second-order valence-corrected chi connectivity index (χ2v) is 6.91. The quantitative estimate of drug-likeness (QED) is 0.689. The summed E-state index contributed by atoms with van der Waals surface area (Å²) in [6, 6.07) is 12.0. The van der Waals surface area contributed by atoms with E-state index in [-0.39, 0.29) is 10.6 Å². The molecule has 0 aliphatic carbocycles. The number of aldehydes is 1. The van der Waals surface area contributed by atoms with Crippen molar-refractivity contribution in [2.45, 2.75) is 18.2 Å². The van der Waals surface area contributed by atoms with E-state index < -0.39 is 15.8 Å². The molecule has 0 spiro atoms. The van der Waals surface area contributed by atoms with E-state index in [9.17, 15) is 17.6 Å². The van der Waals surface area contributed by atoms with Gasteiger partial charge in [-0.1, -0.05) is 25.1 Å². The van der Waals surface area contributed by atoms with E-state index in [2.05, 4.69) is 0 Å². The van der Waals surface area contributed by atoms with E-state index in [1.54, 1.807) is 25.1 Å². The van der Waals surface area contributed by atoms with Crippen LogP contribution in [0.2, 0.25) is 0 Å². The second kappa shape index (κ2) is 5.62. The van der Waals surface area contributed by atoms with Crippen molar-refractivity contribution in [1.29, 1.82) is 0 Å². The van der Waals surface area contributed by atoms with Crippen LogP contribution in [-0.4, -0.2) is 18.7 Å². The maximum Gasteiger partial charge on any atom is 0.268 e. The molecule has 0 bridgehead atoms. The first-order chi connectivity index (χ1) is 11.0. The summed E-state index contributed by atoms with van der Waals surface area (Å²) >= 11 is 0. The van der Waals surface area contributed by atoms with Crippen LogP contribution in [0, 0.1) is 5.82 Å². The number of carbonyl (C=O) groups is 1. The van der Waals surface area contributed by atoms with Gasteiger partial charge in [0.25, 0.3) is 10.0 Å². The molecule has 23 heavy (non-hydrogen) atoms. The first-order valence-electron chi connectivity index (χ1n) is 7.08. The van der Waals surface area contributed by atoms with Crippen molar-refractivity contribution in [2.75, 3.05) is 0 Å². The highest BCUT2D eigenvalue weighted by molar-refractivity contribution is 7.90. The topological polar surface area (TPSA) is 56.1 Å². The highest BCUT2D eigenvalue weighted by Gasteiger charge is 2.23. The Balaban J connectivity index is 2.38. The molecule has 4 nitrogen and oxygen atoms in total. The minimum atomic E-state index is -3.94. The predicted octanol–water partition coefficient (Wildman–Crippen LogP) is 3.39. The molecule has 6 heteroatoms. The van der Waals surface area contributed by atoms with Crippen molar-refractivity contribution in [3.8, 4) is 0 Å². The Bertz CT molecular complexity index is 992. The number of halogens is 1. The molecule has 3 rings (SSSR count). The summed E-state index contributed by atoms with van der Waals surface area (Å²) in [4.78, 5) is 11.4. The minimum Gasteiger partial charge on any atom is -0.296 e. The summed E-state index contributed by atoms with van der Waals surface area (Å²) in [6.45, 7) is 1.78. The summed E-state index contributed by atoms with van der Waals surface area (Å²) in [5.41, 5.74) is 0.670. The van der Waals surface area contributed by atoms with E-state index in [0.29, 0.717) is 29.2 Å². The van der Waals surface area contributed by atoms with Crippen molar-refractivity contribution in [3.05, 3.63) is 65.6 Å². The SMILES string of the molecule is CCc1cc2c(cc1F)cc(C=O)n2S(=O)(=O)c1ccccc1. The molecule has 0 aliphatic rings. The number of aryl methyl sites for hydroxylation is 1. The van der Waals surface area contributed by atoms with Crippen LogP contribution in [0.15, 0.2) is 53.4 Å². The number of hydrogen-bond acceptors (Lipinski definition) is 3. The van der Waals surface area contributed by atoms with Crippen molar-refractivity contribution in [2.24, 2.45) is 0 Å². The third kappa shape index (κ3) is 2.45. The van der Waals surface area contributed by atoms with E-state index in [0.717, 1.165) is 3.97 Å². The molecule has 0 atom stereocenters. The van der Waals surface area contributed by atoms with Crippen LogP contribution >= 0.6 is 0 Å². The molecule has 0 N–H and O–H groups in total. The maximum atomic E-state index is 13.9. The number of hydrogen-bond donors (Lipinski definition) is 0. The van der Waals surface area contributed by atoms with Gasteiger partial charge in [-0.3, -0.25) is 4.79 Å². The average molecular weight is 331 g/mol. The van der Waals surface area contributed by atoms with Gasteiger partial charge < -0.3 is 0 Å². The van der Waals surface area contributed by atoms with Gasteiger partial charge in [-0.2, -0.15) is 0 Å². The van der Waals surface area contributed by atoms with Gasteiger partial charge in [0.15, 0.2) is 6.29 Å². The van der Waals surface area contributed by atoms with Crippen LogP contribution in [0.25, 0.3) is 10.9 Å². The lowest BCUT2D eigenvalue weighted by Gasteiger charge is -2.10. The Labute approximate surface area is 133 Å². The number of fused-ring (bicyclic) bond motifs is 1. The van der Waals surface area contributed by atoms with Gasteiger partial charge in [0, 0.05) is 5.39 Å². The van der Waals surface area contributed by atoms with Crippen LogP contribution in [0.1, 0.15) is 23.0 Å². The molecule has 1 aromatic heterocycles. The summed E-state index contributed by atoms with van der Waals surface area (Å²) in [5, 5.41) is 0.376. The third-order valence-corrected chi connectivity index (χ3v) is 5.49. The van der Waals surface area contributed by atoms with Crippen molar-refractivity contribution >= 4 is 27.2 Å². The number of nitrogens with zero attached hydrogens (tertiary/aromatic N) is 1. The predicted molar refractivity (Wildman–Crippen MR) is 85.7 cm³/mol. The van der Waals surface area contributed by atoms with Crippen molar-refractivity contribution < 1.29 is 17.6 Å². The first kappa shape index (κ1) is 15.4. The molecule has 118 valence electrons. The Morgan fingerprint density at radius 1 is 1.13 bits per heavy atom. The van der Waals surface area contributed by atoms with Crippen LogP contribution in [-0.2, 0) is 16.4 Å². The standard InChI is InChI=1S/C17H14FNO3S/c1-2-12-10-17-13(9-16(12)18)8-14(11-20)19(17)23(21,22)15-6-4-3-5-7-15/h3-11H,2H2,1H3. The van der Waals surface area contributed by atoms with Crippen LogP contribution in [0.3, 0.4) is 0 Å². The summed E-state index contributed by atoms with van der Waals surface area (Å²) < 4.78 is 40.7. The fraction of sp³-hybridized carbons (Fsp3) is 0.118. The molecule has 0 radical (unpaired) electrons. The molecule has 0 unspecified atom stereocenters. The Morgan fingerprint density at radius 2 is 1.83 bits per heavy atom. The Hall–Kier alpha value is -2.47. The lowest BCUT2D eigenvalue weighted by molar-refractivity contribution is 0.111. The van der Waals surface area contributed by atoms with Gasteiger partial charge in [0.2, 0.25) is 0 Å². The van der Waals surface area contributed by atoms with E-state index >= 15 is 0 Å². The number of carbonyl (C=O) groups excluding carboxylic acids is 1. The van der Waals surface area contributed by atoms with E-state index in [4.69, 9.17) is 0 Å². The van der Waals surface area contributed by atoms with Crippen LogP contribution in [0.5, 0.6) is 0 Å². The smallest absolute Gasteiger partial charge is 0.268 e. The molecular weight excluding hydrogens is 317 g/mol. The monoisotopic (exact) mass is 331 g/mol. The lowest BCUT2D eigenvalue weighted by Crippen LogP contribution is -2.15. The van der Waals surface area contributed by atoms with Crippen LogP contribution in [0.4, 0.5) is 4.39 Å². The lowest BCUT2D eigenvalue weighted by atomic mass is 10.1. The normalized spacial score (nSPS) is 11.7. The molecule has 3 aromatic rings. The Kier molecular flexibility index (Phi) is 3.77. The number of aromatic nitrogens is 1. The fourth-order valence-corrected chi connectivity index (χ4v) is 4.09. The molecule has 0 aliphatic heterocycles. The van der Waals surface area contributed by atoms with Crippen molar-refractivity contribution in [1.82, 2.24) is 3.97 Å². The van der Waals surface area contributed by atoms with Gasteiger partial charge in [0.1, 0.15) is 5.82 Å². The number of rotatable bonds is 4. The highest BCUT2D eigenvalue weighted by atomic mass is 32.2. The molecule has 0 saturated heterocycles. The zero-order valence-corrected chi connectivity index (χ0v) is 13.2. The fourth-order valence-electron chi connectivity index (χ4n) is 2.59. The molecule has 0 saturated carbocycles. The van der Waals surface area contributed by atoms with E-state index in [1.807, 2.05) is 0 Å². The molecule has 1 heterocycles. The van der Waals surface area contributed by atoms with Gasteiger partial charge >= 0.3 is 0 Å². The number of benzene rings is 2. The van der Waals surface area contributed by atoms with Crippen molar-refractivity contribution in [3.63, 3.8) is 0 Å². The third-order valence-electron chi connectivity index (χ3n) is 3.74. The molecule has 0 amide bonds. The zero-order valence-electron chi connectivity index (χ0n) is 12.4. The maximum absolute atomic E-state index is 13.9.